The Morgan fingerprint density at radius 1 is 1.03 bits per heavy atom. The van der Waals surface area contributed by atoms with Crippen LogP contribution in [0.15, 0.2) is 53.9 Å². The van der Waals surface area contributed by atoms with E-state index in [4.69, 9.17) is 16.3 Å². The number of nitrogens with zero attached hydrogens (tertiary/aromatic N) is 1. The van der Waals surface area contributed by atoms with Crippen LogP contribution in [0.5, 0.6) is 11.5 Å². The minimum Gasteiger partial charge on any atom is -0.486 e. The van der Waals surface area contributed by atoms with E-state index in [2.05, 4.69) is 15.0 Å². The molecule has 158 valence electrons. The van der Waals surface area contributed by atoms with Gasteiger partial charge in [0.2, 0.25) is 5.91 Å². The van der Waals surface area contributed by atoms with E-state index in [1.165, 1.54) is 35.6 Å². The van der Waals surface area contributed by atoms with Crippen molar-refractivity contribution >= 4 is 34.5 Å². The van der Waals surface area contributed by atoms with E-state index in [9.17, 15) is 18.0 Å². The molecule has 1 aromatic heterocycles. The number of amides is 1. The van der Waals surface area contributed by atoms with Gasteiger partial charge in [0.15, 0.2) is 6.61 Å². The highest BCUT2D eigenvalue weighted by Crippen LogP contribution is 2.21. The smallest absolute Gasteiger partial charge is 0.422 e. The number of carbonyl (C=O) groups is 1. The van der Waals surface area contributed by atoms with Crippen LogP contribution >= 0.6 is 22.9 Å². The lowest BCUT2D eigenvalue weighted by molar-refractivity contribution is -0.153. The number of carbonyl (C=O) groups excluding carboxylic acids is 1. The molecule has 10 heteroatoms. The van der Waals surface area contributed by atoms with Crippen molar-refractivity contribution in [1.29, 1.82) is 0 Å². The zero-order valence-electron chi connectivity index (χ0n) is 15.4. The van der Waals surface area contributed by atoms with E-state index in [0.29, 0.717) is 22.2 Å². The maximum absolute atomic E-state index is 12.2. The summed E-state index contributed by atoms with van der Waals surface area (Å²) in [6.45, 7) is -1.10. The second-order valence-corrected chi connectivity index (χ2v) is 7.51. The van der Waals surface area contributed by atoms with Crippen LogP contribution in [0.1, 0.15) is 10.7 Å². The van der Waals surface area contributed by atoms with Gasteiger partial charge in [0.1, 0.15) is 23.1 Å². The molecular formula is C20H16ClF3N2O3S. The second-order valence-electron chi connectivity index (χ2n) is 6.13. The molecular weight excluding hydrogens is 441 g/mol. The van der Waals surface area contributed by atoms with E-state index >= 15 is 0 Å². The van der Waals surface area contributed by atoms with Crippen molar-refractivity contribution in [1.82, 2.24) is 4.98 Å². The third-order valence-electron chi connectivity index (χ3n) is 3.66. The summed E-state index contributed by atoms with van der Waals surface area (Å²) in [4.78, 5) is 16.5. The van der Waals surface area contributed by atoms with E-state index in [0.717, 1.165) is 5.01 Å². The number of hydrogen-bond acceptors (Lipinski definition) is 5. The van der Waals surface area contributed by atoms with Gasteiger partial charge in [0.05, 0.1) is 12.1 Å². The van der Waals surface area contributed by atoms with Crippen LogP contribution in [0, 0.1) is 0 Å². The van der Waals surface area contributed by atoms with Crippen LogP contribution in [-0.4, -0.2) is 23.7 Å². The van der Waals surface area contributed by atoms with Crippen molar-refractivity contribution in [3.05, 3.63) is 69.6 Å². The third kappa shape index (κ3) is 7.23. The molecule has 0 atom stereocenters. The average Bonchev–Trinajstić information content (AvgIpc) is 3.13. The fraction of sp³-hybridized carbons (Fsp3) is 0.200. The lowest BCUT2D eigenvalue weighted by atomic mass is 10.2. The molecule has 3 rings (SSSR count). The Labute approximate surface area is 179 Å². The Balaban J connectivity index is 1.46. The highest BCUT2D eigenvalue weighted by Gasteiger charge is 2.28. The molecule has 0 fully saturated rings. The standard InChI is InChI=1S/C20H16ClF3N2O3S/c21-13-1-5-16(6-2-13)28-10-19-26-15(11-30-19)9-18(27)25-14-3-7-17(8-4-14)29-12-20(22,23)24/h1-8,11H,9-10,12H2,(H,25,27). The van der Waals surface area contributed by atoms with E-state index < -0.39 is 12.8 Å². The minimum absolute atomic E-state index is 0.0593. The summed E-state index contributed by atoms with van der Waals surface area (Å²) >= 11 is 7.20. The molecule has 2 aromatic carbocycles. The number of benzene rings is 2. The van der Waals surface area contributed by atoms with Crippen LogP contribution < -0.4 is 14.8 Å². The number of rotatable bonds is 8. The van der Waals surface area contributed by atoms with Gasteiger partial charge in [0.25, 0.3) is 0 Å². The van der Waals surface area contributed by atoms with Crippen molar-refractivity contribution in [3.63, 3.8) is 0 Å². The lowest BCUT2D eigenvalue weighted by Crippen LogP contribution is -2.19. The number of aromatic nitrogens is 1. The maximum Gasteiger partial charge on any atom is 0.422 e. The summed E-state index contributed by atoms with van der Waals surface area (Å²) in [6, 6.07) is 12.6. The summed E-state index contributed by atoms with van der Waals surface area (Å²) in [5.74, 6) is 0.432. The molecule has 1 N–H and O–H groups in total. The van der Waals surface area contributed by atoms with Crippen LogP contribution in [-0.2, 0) is 17.8 Å². The fourth-order valence-corrected chi connectivity index (χ4v) is 3.17. The second kappa shape index (κ2) is 9.82. The van der Waals surface area contributed by atoms with Gasteiger partial charge in [-0.05, 0) is 48.5 Å². The molecule has 0 aliphatic heterocycles. The summed E-state index contributed by atoms with van der Waals surface area (Å²) in [5.41, 5.74) is 1.04. The topological polar surface area (TPSA) is 60.5 Å². The number of anilines is 1. The molecule has 0 aliphatic rings. The fourth-order valence-electron chi connectivity index (χ4n) is 2.34. The molecule has 30 heavy (non-hydrogen) atoms. The van der Waals surface area contributed by atoms with Gasteiger partial charge >= 0.3 is 6.18 Å². The third-order valence-corrected chi connectivity index (χ3v) is 4.78. The molecule has 5 nitrogen and oxygen atoms in total. The van der Waals surface area contributed by atoms with Crippen molar-refractivity contribution in [3.8, 4) is 11.5 Å². The first-order chi connectivity index (χ1) is 14.3. The summed E-state index contributed by atoms with van der Waals surface area (Å²) in [6.07, 6.45) is -4.34. The Bertz CT molecular complexity index is 976. The predicted molar refractivity (Wildman–Crippen MR) is 108 cm³/mol. The molecule has 0 aliphatic carbocycles. The Kier molecular flexibility index (Phi) is 7.17. The number of hydrogen-bond donors (Lipinski definition) is 1. The van der Waals surface area contributed by atoms with Gasteiger partial charge in [-0.2, -0.15) is 13.2 Å². The molecule has 3 aromatic rings. The first-order valence-electron chi connectivity index (χ1n) is 8.68. The van der Waals surface area contributed by atoms with Gasteiger partial charge in [-0.15, -0.1) is 11.3 Å². The molecule has 0 bridgehead atoms. The number of nitrogens with one attached hydrogen (secondary N) is 1. The van der Waals surface area contributed by atoms with Gasteiger partial charge in [-0.1, -0.05) is 11.6 Å². The maximum atomic E-state index is 12.2. The van der Waals surface area contributed by atoms with E-state index in [1.54, 1.807) is 29.6 Å². The van der Waals surface area contributed by atoms with Crippen LogP contribution in [0.4, 0.5) is 18.9 Å². The summed E-state index contributed by atoms with van der Waals surface area (Å²) < 4.78 is 46.7. The predicted octanol–water partition coefficient (Wildman–Crippen LogP) is 5.50. The molecule has 0 saturated carbocycles. The van der Waals surface area contributed by atoms with Crippen LogP contribution in [0.2, 0.25) is 5.02 Å². The summed E-state index contributed by atoms with van der Waals surface area (Å²) in [5, 5.41) is 5.78. The van der Waals surface area contributed by atoms with Gasteiger partial charge in [-0.3, -0.25) is 4.79 Å². The Morgan fingerprint density at radius 3 is 2.33 bits per heavy atom. The number of thiazole rings is 1. The first kappa shape index (κ1) is 21.9. The highest BCUT2D eigenvalue weighted by atomic mass is 35.5. The highest BCUT2D eigenvalue weighted by molar-refractivity contribution is 7.09. The van der Waals surface area contributed by atoms with Crippen molar-refractivity contribution in [2.45, 2.75) is 19.2 Å². The molecule has 1 heterocycles. The summed E-state index contributed by atoms with van der Waals surface area (Å²) in [7, 11) is 0. The lowest BCUT2D eigenvalue weighted by Gasteiger charge is -2.10. The molecule has 0 radical (unpaired) electrons. The molecule has 1 amide bonds. The minimum atomic E-state index is -4.40. The number of ether oxygens (including phenoxy) is 2. The van der Waals surface area contributed by atoms with Gasteiger partial charge in [0, 0.05) is 16.1 Å². The average molecular weight is 457 g/mol. The normalized spacial score (nSPS) is 11.2. The molecule has 0 spiro atoms. The van der Waals surface area contributed by atoms with Crippen molar-refractivity contribution < 1.29 is 27.4 Å². The number of alkyl halides is 3. The zero-order chi connectivity index (χ0) is 21.6. The van der Waals surface area contributed by atoms with Crippen LogP contribution in [0.25, 0.3) is 0 Å². The largest absolute Gasteiger partial charge is 0.486 e. The Hall–Kier alpha value is -2.78. The van der Waals surface area contributed by atoms with E-state index in [1.807, 2.05) is 0 Å². The Morgan fingerprint density at radius 2 is 1.67 bits per heavy atom. The molecule has 0 saturated heterocycles. The number of halogens is 4. The quantitative estimate of drug-likeness (QED) is 0.486. The van der Waals surface area contributed by atoms with Crippen molar-refractivity contribution in [2.24, 2.45) is 0 Å². The van der Waals surface area contributed by atoms with Crippen LogP contribution in [0.3, 0.4) is 0 Å². The van der Waals surface area contributed by atoms with Gasteiger partial charge < -0.3 is 14.8 Å². The first-order valence-corrected chi connectivity index (χ1v) is 9.94. The SMILES string of the molecule is O=C(Cc1csc(COc2ccc(Cl)cc2)n1)Nc1ccc(OCC(F)(F)F)cc1. The molecule has 0 unspecified atom stereocenters. The van der Waals surface area contributed by atoms with Crippen molar-refractivity contribution in [2.75, 3.05) is 11.9 Å². The van der Waals surface area contributed by atoms with E-state index in [-0.39, 0.29) is 24.7 Å². The van der Waals surface area contributed by atoms with Gasteiger partial charge in [-0.25, -0.2) is 4.98 Å². The monoisotopic (exact) mass is 456 g/mol. The zero-order valence-corrected chi connectivity index (χ0v) is 17.0.